The van der Waals surface area contributed by atoms with Crippen molar-refractivity contribution >= 4 is 17.6 Å². The Kier molecular flexibility index (Phi) is 7.69. The number of anilines is 1. The Hall–Kier alpha value is -4.27. The van der Waals surface area contributed by atoms with Crippen LogP contribution < -0.4 is 24.4 Å². The molecule has 0 atom stereocenters. The highest BCUT2D eigenvalue weighted by molar-refractivity contribution is 5.98. The van der Waals surface area contributed by atoms with Crippen LogP contribution in [0.15, 0.2) is 66.9 Å². The lowest BCUT2D eigenvalue weighted by Crippen LogP contribution is -2.49. The van der Waals surface area contributed by atoms with E-state index in [-0.39, 0.29) is 18.6 Å². The molecule has 2 aliphatic heterocycles. The zero-order valence-corrected chi connectivity index (χ0v) is 20.6. The molecule has 2 aromatic carbocycles. The Morgan fingerprint density at radius 2 is 1.76 bits per heavy atom. The summed E-state index contributed by atoms with van der Waals surface area (Å²) in [6.45, 7) is 3.50. The summed E-state index contributed by atoms with van der Waals surface area (Å²) >= 11 is 0. The predicted molar refractivity (Wildman–Crippen MR) is 138 cm³/mol. The maximum atomic E-state index is 13.0. The third-order valence-corrected chi connectivity index (χ3v) is 6.40. The van der Waals surface area contributed by atoms with Gasteiger partial charge in [-0.1, -0.05) is 24.3 Å². The normalized spacial score (nSPS) is 14.4. The van der Waals surface area contributed by atoms with Gasteiger partial charge >= 0.3 is 0 Å². The van der Waals surface area contributed by atoms with Crippen LogP contribution in [-0.4, -0.2) is 61.3 Å². The Morgan fingerprint density at radius 1 is 0.946 bits per heavy atom. The van der Waals surface area contributed by atoms with Gasteiger partial charge in [-0.05, 0) is 48.4 Å². The van der Waals surface area contributed by atoms with Crippen LogP contribution in [0.25, 0.3) is 0 Å². The van der Waals surface area contributed by atoms with Gasteiger partial charge in [0.25, 0.3) is 5.91 Å². The van der Waals surface area contributed by atoms with E-state index in [0.29, 0.717) is 75.1 Å². The number of aromatic nitrogens is 1. The first-order valence-corrected chi connectivity index (χ1v) is 12.5. The van der Waals surface area contributed by atoms with Crippen LogP contribution in [0.3, 0.4) is 0 Å². The van der Waals surface area contributed by atoms with Crippen molar-refractivity contribution < 1.29 is 23.8 Å². The maximum absolute atomic E-state index is 13.0. The van der Waals surface area contributed by atoms with Gasteiger partial charge in [0.1, 0.15) is 11.6 Å². The molecule has 1 aromatic heterocycles. The number of ether oxygens (including phenoxy) is 3. The van der Waals surface area contributed by atoms with E-state index < -0.39 is 0 Å². The van der Waals surface area contributed by atoms with Crippen molar-refractivity contribution in [1.82, 2.24) is 15.2 Å². The van der Waals surface area contributed by atoms with Crippen LogP contribution >= 0.6 is 0 Å². The topological polar surface area (TPSA) is 93.2 Å². The molecule has 0 aliphatic carbocycles. The zero-order valence-electron chi connectivity index (χ0n) is 20.6. The highest BCUT2D eigenvalue weighted by Gasteiger charge is 2.25. The number of carbonyl (C=O) groups excluding carboxylic acids is 2. The molecule has 37 heavy (non-hydrogen) atoms. The Bertz CT molecular complexity index is 1230. The fourth-order valence-electron chi connectivity index (χ4n) is 4.41. The van der Waals surface area contributed by atoms with Crippen LogP contribution in [-0.2, 0) is 11.3 Å². The summed E-state index contributed by atoms with van der Waals surface area (Å²) in [5.74, 6) is 2.77. The quantitative estimate of drug-likeness (QED) is 0.449. The SMILES string of the molecule is O=C(NCc1ccc2c(c1)OCO2)c1cccnc1N1CCN(C(=O)CCCOc2ccccc2)CC1. The van der Waals surface area contributed by atoms with Crippen molar-refractivity contribution in [3.63, 3.8) is 0 Å². The molecule has 1 fully saturated rings. The number of amides is 2. The van der Waals surface area contributed by atoms with Crippen LogP contribution in [0.1, 0.15) is 28.8 Å². The molecule has 9 heteroatoms. The minimum absolute atomic E-state index is 0.124. The molecule has 192 valence electrons. The Morgan fingerprint density at radius 3 is 2.59 bits per heavy atom. The minimum Gasteiger partial charge on any atom is -0.494 e. The van der Waals surface area contributed by atoms with E-state index >= 15 is 0 Å². The summed E-state index contributed by atoms with van der Waals surface area (Å²) in [6, 6.07) is 18.8. The highest BCUT2D eigenvalue weighted by atomic mass is 16.7. The van der Waals surface area contributed by atoms with Crippen molar-refractivity contribution in [3.05, 3.63) is 78.0 Å². The molecule has 5 rings (SSSR count). The van der Waals surface area contributed by atoms with Crippen LogP contribution in [0, 0.1) is 0 Å². The number of nitrogens with zero attached hydrogens (tertiary/aromatic N) is 3. The molecule has 0 unspecified atom stereocenters. The van der Waals surface area contributed by atoms with Gasteiger partial charge in [0.15, 0.2) is 11.5 Å². The second-order valence-corrected chi connectivity index (χ2v) is 8.88. The van der Waals surface area contributed by atoms with Gasteiger partial charge in [-0.15, -0.1) is 0 Å². The maximum Gasteiger partial charge on any atom is 0.255 e. The van der Waals surface area contributed by atoms with E-state index in [0.717, 1.165) is 11.3 Å². The van der Waals surface area contributed by atoms with Crippen molar-refractivity contribution in [2.45, 2.75) is 19.4 Å². The largest absolute Gasteiger partial charge is 0.494 e. The lowest BCUT2D eigenvalue weighted by atomic mass is 10.1. The fourth-order valence-corrected chi connectivity index (χ4v) is 4.41. The molecule has 0 saturated carbocycles. The average Bonchev–Trinajstić information content (AvgIpc) is 3.43. The second kappa shape index (κ2) is 11.6. The van der Waals surface area contributed by atoms with Gasteiger partial charge in [-0.25, -0.2) is 4.98 Å². The number of para-hydroxylation sites is 1. The first kappa shape index (κ1) is 24.4. The first-order valence-electron chi connectivity index (χ1n) is 12.5. The molecule has 1 saturated heterocycles. The summed E-state index contributed by atoms with van der Waals surface area (Å²) in [5.41, 5.74) is 1.44. The third kappa shape index (κ3) is 6.11. The van der Waals surface area contributed by atoms with Gasteiger partial charge in [-0.2, -0.15) is 0 Å². The summed E-state index contributed by atoms with van der Waals surface area (Å²) in [5, 5.41) is 2.98. The second-order valence-electron chi connectivity index (χ2n) is 8.88. The number of fused-ring (bicyclic) bond motifs is 1. The molecule has 3 aromatic rings. The van der Waals surface area contributed by atoms with E-state index in [1.54, 1.807) is 18.3 Å². The average molecular weight is 503 g/mol. The molecule has 0 radical (unpaired) electrons. The highest BCUT2D eigenvalue weighted by Crippen LogP contribution is 2.32. The van der Waals surface area contributed by atoms with Gasteiger partial charge in [0.05, 0.1) is 12.2 Å². The van der Waals surface area contributed by atoms with E-state index in [1.165, 1.54) is 0 Å². The van der Waals surface area contributed by atoms with Crippen LogP contribution in [0.2, 0.25) is 0 Å². The Balaban J connectivity index is 1.10. The minimum atomic E-state index is -0.197. The van der Waals surface area contributed by atoms with Crippen molar-refractivity contribution in [1.29, 1.82) is 0 Å². The molecule has 2 amide bonds. The number of hydrogen-bond acceptors (Lipinski definition) is 7. The molecule has 9 nitrogen and oxygen atoms in total. The number of nitrogens with one attached hydrogen (secondary N) is 1. The van der Waals surface area contributed by atoms with Crippen LogP contribution in [0.5, 0.6) is 17.2 Å². The molecule has 1 N–H and O–H groups in total. The number of hydrogen-bond donors (Lipinski definition) is 1. The lowest BCUT2D eigenvalue weighted by molar-refractivity contribution is -0.131. The number of carbonyl (C=O) groups is 2. The zero-order chi connectivity index (χ0) is 25.5. The van der Waals surface area contributed by atoms with Crippen molar-refractivity contribution in [3.8, 4) is 17.2 Å². The van der Waals surface area contributed by atoms with E-state index in [9.17, 15) is 9.59 Å². The van der Waals surface area contributed by atoms with E-state index in [4.69, 9.17) is 14.2 Å². The smallest absolute Gasteiger partial charge is 0.255 e. The first-order chi connectivity index (χ1) is 18.2. The summed E-state index contributed by atoms with van der Waals surface area (Å²) in [4.78, 5) is 34.1. The van der Waals surface area contributed by atoms with Gasteiger partial charge in [0, 0.05) is 45.3 Å². The lowest BCUT2D eigenvalue weighted by Gasteiger charge is -2.36. The molecule has 2 aliphatic rings. The number of rotatable bonds is 9. The Labute approximate surface area is 216 Å². The summed E-state index contributed by atoms with van der Waals surface area (Å²) in [7, 11) is 0. The third-order valence-electron chi connectivity index (χ3n) is 6.40. The van der Waals surface area contributed by atoms with Crippen LogP contribution in [0.4, 0.5) is 5.82 Å². The van der Waals surface area contributed by atoms with Gasteiger partial charge < -0.3 is 29.3 Å². The van der Waals surface area contributed by atoms with Crippen molar-refractivity contribution in [2.75, 3.05) is 44.5 Å². The fraction of sp³-hybridized carbons (Fsp3) is 0.321. The van der Waals surface area contributed by atoms with E-state index in [1.807, 2.05) is 53.4 Å². The van der Waals surface area contributed by atoms with Crippen molar-refractivity contribution in [2.24, 2.45) is 0 Å². The standard InChI is InChI=1S/C28H30N4O5/c33-26(9-5-17-35-22-6-2-1-3-7-22)31-13-15-32(16-14-31)27-23(8-4-12-29-27)28(34)30-19-21-10-11-24-25(18-21)37-20-36-24/h1-4,6-8,10-12,18H,5,9,13-17,19-20H2,(H,30,34). The number of benzene rings is 2. The molecular weight excluding hydrogens is 472 g/mol. The predicted octanol–water partition coefficient (Wildman–Crippen LogP) is 3.25. The molecule has 0 bridgehead atoms. The van der Waals surface area contributed by atoms with Gasteiger partial charge in [0.2, 0.25) is 12.7 Å². The molecule has 0 spiro atoms. The number of piperazine rings is 1. The summed E-state index contributed by atoms with van der Waals surface area (Å²) in [6.07, 6.45) is 2.81. The van der Waals surface area contributed by atoms with Gasteiger partial charge in [-0.3, -0.25) is 9.59 Å². The molecular formula is C28H30N4O5. The number of pyridine rings is 1. The van der Waals surface area contributed by atoms with E-state index in [2.05, 4.69) is 15.2 Å². The molecule has 3 heterocycles. The summed E-state index contributed by atoms with van der Waals surface area (Å²) < 4.78 is 16.4. The monoisotopic (exact) mass is 502 g/mol.